The van der Waals surface area contributed by atoms with Crippen molar-refractivity contribution in [3.8, 4) is 0 Å². The topological polar surface area (TPSA) is 55.4 Å². The van der Waals surface area contributed by atoms with Gasteiger partial charge in [-0.25, -0.2) is 5.09 Å². The Balaban J connectivity index is 1.58. The van der Waals surface area contributed by atoms with Crippen LogP contribution in [0.15, 0.2) is 72.8 Å². The normalized spacial score (nSPS) is 16.4. The number of ether oxygens (including phenoxy) is 1. The van der Waals surface area contributed by atoms with Crippen LogP contribution in [0.5, 0.6) is 0 Å². The number of nitrogens with one attached hydrogen (secondary N) is 1. The molecule has 0 radical (unpaired) electrons. The van der Waals surface area contributed by atoms with Gasteiger partial charge in [0.25, 0.3) is 0 Å². The van der Waals surface area contributed by atoms with E-state index < -0.39 is 18.1 Å². The van der Waals surface area contributed by atoms with Gasteiger partial charge in [-0.2, -0.15) is 0 Å². The molecule has 1 aliphatic rings. The molecule has 4 rings (SSSR count). The lowest BCUT2D eigenvalue weighted by Gasteiger charge is -2.23. The maximum atomic E-state index is 12.8. The van der Waals surface area contributed by atoms with Crippen LogP contribution in [-0.4, -0.2) is 12.0 Å². The molecular weight excluding hydrogens is 357 g/mol. The molecule has 27 heavy (non-hydrogen) atoms. The number of rotatable bonds is 6. The van der Waals surface area contributed by atoms with Crippen LogP contribution >= 0.6 is 8.61 Å². The Morgan fingerprint density at radius 3 is 2.59 bits per heavy atom. The van der Waals surface area contributed by atoms with Crippen molar-refractivity contribution in [1.29, 1.82) is 0 Å². The smallest absolute Gasteiger partial charge is 0.325 e. The molecule has 0 amide bonds. The summed E-state index contributed by atoms with van der Waals surface area (Å²) in [5.74, 6) is -0.423. The molecule has 1 unspecified atom stereocenters. The molecule has 5 heteroatoms. The molecule has 1 aliphatic carbocycles. The van der Waals surface area contributed by atoms with Gasteiger partial charge in [0.05, 0.1) is 0 Å². The second-order valence-corrected chi connectivity index (χ2v) is 6.91. The molecule has 3 aromatic rings. The molecule has 0 saturated heterocycles. The van der Waals surface area contributed by atoms with E-state index in [0.717, 1.165) is 27.5 Å². The molecule has 0 fully saturated rings. The molecule has 0 aromatic heterocycles. The highest BCUT2D eigenvalue weighted by molar-refractivity contribution is 7.21. The fourth-order valence-corrected chi connectivity index (χ4v) is 3.80. The molecule has 0 aliphatic heterocycles. The first kappa shape index (κ1) is 17.6. The zero-order valence-corrected chi connectivity index (χ0v) is 15.4. The maximum absolute atomic E-state index is 12.8. The molecule has 1 N–H and O–H groups in total. The largest absolute Gasteiger partial charge is 0.452 e. The van der Waals surface area contributed by atoms with Gasteiger partial charge in [-0.15, -0.1) is 0 Å². The van der Waals surface area contributed by atoms with E-state index in [4.69, 9.17) is 4.74 Å². The minimum absolute atomic E-state index is 0.296. The summed E-state index contributed by atoms with van der Waals surface area (Å²) in [7, 11) is -0.296. The summed E-state index contributed by atoms with van der Waals surface area (Å²) in [6.07, 6.45) is 3.83. The number of carbonyl (C=O) groups is 1. The van der Waals surface area contributed by atoms with Crippen LogP contribution in [0.4, 0.5) is 0 Å². The standard InChI is InChI=1S/C22H18NO3P/c24-22(19(23-27-25)14-15-6-2-1-3-7-15)26-20-13-12-17-9-4-8-16-10-5-11-18(20)21(16)17/h1-13,19-20H,14H2,(H,23,25)/t19-,20?/m0/s1. The van der Waals surface area contributed by atoms with Gasteiger partial charge in [0.15, 0.2) is 0 Å². The first-order chi connectivity index (χ1) is 13.3. The van der Waals surface area contributed by atoms with Crippen LogP contribution < -0.4 is 5.09 Å². The van der Waals surface area contributed by atoms with Crippen LogP contribution in [0.2, 0.25) is 0 Å². The predicted octanol–water partition coefficient (Wildman–Crippen LogP) is 4.86. The van der Waals surface area contributed by atoms with Crippen molar-refractivity contribution in [1.82, 2.24) is 5.09 Å². The van der Waals surface area contributed by atoms with E-state index in [0.29, 0.717) is 6.42 Å². The predicted molar refractivity (Wildman–Crippen MR) is 106 cm³/mol. The average Bonchev–Trinajstić information content (AvgIpc) is 2.71. The van der Waals surface area contributed by atoms with Gasteiger partial charge in [0, 0.05) is 5.56 Å². The van der Waals surface area contributed by atoms with Gasteiger partial charge < -0.3 is 4.74 Å². The van der Waals surface area contributed by atoms with Crippen LogP contribution in [-0.2, 0) is 20.5 Å². The highest BCUT2D eigenvalue weighted by atomic mass is 31.1. The summed E-state index contributed by atoms with van der Waals surface area (Å²) < 4.78 is 16.9. The van der Waals surface area contributed by atoms with Crippen LogP contribution in [0, 0.1) is 0 Å². The zero-order chi connectivity index (χ0) is 18.6. The maximum Gasteiger partial charge on any atom is 0.325 e. The van der Waals surface area contributed by atoms with Crippen molar-refractivity contribution in [3.05, 3.63) is 89.5 Å². The Kier molecular flexibility index (Phi) is 5.10. The van der Waals surface area contributed by atoms with Gasteiger partial charge in [-0.3, -0.25) is 9.36 Å². The quantitative estimate of drug-likeness (QED) is 0.494. The summed E-state index contributed by atoms with van der Waals surface area (Å²) in [6, 6.07) is 21.0. The van der Waals surface area contributed by atoms with Crippen molar-refractivity contribution < 1.29 is 14.1 Å². The first-order valence-electron chi connectivity index (χ1n) is 8.78. The summed E-state index contributed by atoms with van der Waals surface area (Å²) in [5.41, 5.74) is 3.06. The summed E-state index contributed by atoms with van der Waals surface area (Å²) in [6.45, 7) is 0. The fraction of sp³-hybridized carbons (Fsp3) is 0.136. The molecule has 0 heterocycles. The zero-order valence-electron chi connectivity index (χ0n) is 14.5. The number of hydrogen-bond acceptors (Lipinski definition) is 3. The van der Waals surface area contributed by atoms with Crippen molar-refractivity contribution in [2.45, 2.75) is 18.6 Å². The third-order valence-electron chi connectivity index (χ3n) is 4.75. The van der Waals surface area contributed by atoms with Crippen molar-refractivity contribution >= 4 is 31.4 Å². The third kappa shape index (κ3) is 3.68. The van der Waals surface area contributed by atoms with E-state index in [2.05, 4.69) is 23.3 Å². The van der Waals surface area contributed by atoms with E-state index in [1.54, 1.807) is 0 Å². The molecule has 0 saturated carbocycles. The van der Waals surface area contributed by atoms with Crippen molar-refractivity contribution in [2.75, 3.05) is 0 Å². The van der Waals surface area contributed by atoms with Crippen molar-refractivity contribution in [3.63, 3.8) is 0 Å². The van der Waals surface area contributed by atoms with Crippen LogP contribution in [0.3, 0.4) is 0 Å². The van der Waals surface area contributed by atoms with Gasteiger partial charge in [0.2, 0.25) is 8.61 Å². The van der Waals surface area contributed by atoms with Crippen LogP contribution in [0.1, 0.15) is 22.8 Å². The monoisotopic (exact) mass is 375 g/mol. The Morgan fingerprint density at radius 2 is 1.81 bits per heavy atom. The highest BCUT2D eigenvalue weighted by Gasteiger charge is 2.26. The Morgan fingerprint density at radius 1 is 1.04 bits per heavy atom. The summed E-state index contributed by atoms with van der Waals surface area (Å²) in [4.78, 5) is 12.8. The van der Waals surface area contributed by atoms with Gasteiger partial charge in [0.1, 0.15) is 12.1 Å². The van der Waals surface area contributed by atoms with E-state index in [9.17, 15) is 9.36 Å². The van der Waals surface area contributed by atoms with E-state index in [-0.39, 0.29) is 8.61 Å². The highest BCUT2D eigenvalue weighted by Crippen LogP contribution is 2.35. The number of benzene rings is 3. The number of hydrogen-bond donors (Lipinski definition) is 1. The van der Waals surface area contributed by atoms with Gasteiger partial charge in [-0.1, -0.05) is 72.8 Å². The van der Waals surface area contributed by atoms with Gasteiger partial charge in [-0.05, 0) is 34.4 Å². The van der Waals surface area contributed by atoms with E-state index in [1.165, 1.54) is 0 Å². The lowest BCUT2D eigenvalue weighted by atomic mass is 9.91. The SMILES string of the molecule is O=PN[C@@H](Cc1ccccc1)C(=O)OC1C=Cc2cccc3cccc1c23. The molecule has 2 atom stereocenters. The minimum atomic E-state index is -0.684. The fourth-order valence-electron chi connectivity index (χ4n) is 3.48. The Labute approximate surface area is 159 Å². The van der Waals surface area contributed by atoms with Crippen LogP contribution in [0.25, 0.3) is 16.8 Å². The number of carbonyl (C=O) groups excluding carboxylic acids is 1. The third-order valence-corrected chi connectivity index (χ3v) is 5.16. The molecule has 3 aromatic carbocycles. The Hall–Kier alpha value is -2.81. The number of esters is 1. The van der Waals surface area contributed by atoms with Gasteiger partial charge >= 0.3 is 5.97 Å². The lowest BCUT2D eigenvalue weighted by Crippen LogP contribution is -2.35. The molecule has 4 nitrogen and oxygen atoms in total. The first-order valence-corrected chi connectivity index (χ1v) is 9.59. The minimum Gasteiger partial charge on any atom is -0.452 e. The lowest BCUT2D eigenvalue weighted by molar-refractivity contribution is -0.149. The molecule has 0 bridgehead atoms. The average molecular weight is 375 g/mol. The van der Waals surface area contributed by atoms with E-state index >= 15 is 0 Å². The molecule has 134 valence electrons. The second kappa shape index (κ2) is 7.83. The van der Waals surface area contributed by atoms with Crippen molar-refractivity contribution in [2.24, 2.45) is 0 Å². The Bertz CT molecular complexity index is 1010. The summed E-state index contributed by atoms with van der Waals surface area (Å²) in [5, 5.41) is 4.91. The molecular formula is C22H18NO3P. The second-order valence-electron chi connectivity index (χ2n) is 6.47. The molecule has 0 spiro atoms. The van der Waals surface area contributed by atoms with E-state index in [1.807, 2.05) is 60.7 Å². The summed E-state index contributed by atoms with van der Waals surface area (Å²) >= 11 is 0.